The van der Waals surface area contributed by atoms with E-state index in [2.05, 4.69) is 14.7 Å². The summed E-state index contributed by atoms with van der Waals surface area (Å²) in [6, 6.07) is 3.71. The summed E-state index contributed by atoms with van der Waals surface area (Å²) in [5.74, 6) is 0.603. The quantitative estimate of drug-likeness (QED) is 0.741. The number of aliphatic hydroxyl groups excluding tert-OH is 1. The van der Waals surface area contributed by atoms with Crippen molar-refractivity contribution in [2.45, 2.75) is 13.2 Å². The second-order valence-corrected chi connectivity index (χ2v) is 2.63. The summed E-state index contributed by atoms with van der Waals surface area (Å²) in [5.41, 5.74) is 0.838. The van der Waals surface area contributed by atoms with Gasteiger partial charge in [-0.3, -0.25) is 0 Å². The maximum absolute atomic E-state index is 8.95. The Morgan fingerprint density at radius 3 is 3.15 bits per heavy atom. The van der Waals surface area contributed by atoms with E-state index in [0.717, 1.165) is 5.69 Å². The molecule has 2 aromatic heterocycles. The molecule has 5 heteroatoms. The summed E-state index contributed by atoms with van der Waals surface area (Å²) >= 11 is 0. The highest BCUT2D eigenvalue weighted by Gasteiger charge is 2.02. The van der Waals surface area contributed by atoms with Crippen LogP contribution in [0.25, 0.3) is 0 Å². The number of aromatic nitrogens is 3. The van der Waals surface area contributed by atoms with Gasteiger partial charge in [-0.1, -0.05) is 5.16 Å². The van der Waals surface area contributed by atoms with Gasteiger partial charge in [0.2, 0.25) is 6.39 Å². The highest BCUT2D eigenvalue weighted by atomic mass is 16.5. The van der Waals surface area contributed by atoms with Crippen LogP contribution in [0.4, 0.5) is 0 Å². The first-order valence-electron chi connectivity index (χ1n) is 3.90. The van der Waals surface area contributed by atoms with Gasteiger partial charge >= 0.3 is 0 Å². The molecule has 2 heterocycles. The third-order valence-corrected chi connectivity index (χ3v) is 1.80. The van der Waals surface area contributed by atoms with Crippen LogP contribution in [0.15, 0.2) is 29.2 Å². The first-order valence-corrected chi connectivity index (χ1v) is 3.90. The first kappa shape index (κ1) is 8.00. The topological polar surface area (TPSA) is 64.1 Å². The fourth-order valence-electron chi connectivity index (χ4n) is 1.16. The van der Waals surface area contributed by atoms with Crippen molar-refractivity contribution in [3.63, 3.8) is 0 Å². The van der Waals surface area contributed by atoms with E-state index < -0.39 is 0 Å². The van der Waals surface area contributed by atoms with Gasteiger partial charge in [0.15, 0.2) is 5.82 Å². The smallest absolute Gasteiger partial charge is 0.213 e. The molecule has 0 aliphatic rings. The van der Waals surface area contributed by atoms with Gasteiger partial charge in [0, 0.05) is 11.9 Å². The summed E-state index contributed by atoms with van der Waals surface area (Å²) in [5, 5.41) is 12.6. The molecule has 0 saturated heterocycles. The van der Waals surface area contributed by atoms with Gasteiger partial charge in [-0.15, -0.1) is 0 Å². The molecule has 0 unspecified atom stereocenters. The lowest BCUT2D eigenvalue weighted by Crippen LogP contribution is -2.04. The Hall–Kier alpha value is -1.62. The first-order chi connectivity index (χ1) is 6.40. The van der Waals surface area contributed by atoms with E-state index in [4.69, 9.17) is 5.11 Å². The molecule has 0 aliphatic heterocycles. The Kier molecular flexibility index (Phi) is 2.09. The van der Waals surface area contributed by atoms with Crippen molar-refractivity contribution in [1.82, 2.24) is 14.7 Å². The number of hydrogen-bond donors (Lipinski definition) is 1. The SMILES string of the molecule is OCc1cccn1Cc1ncon1. The van der Waals surface area contributed by atoms with Gasteiger partial charge in [-0.05, 0) is 12.1 Å². The number of hydrogen-bond acceptors (Lipinski definition) is 4. The van der Waals surface area contributed by atoms with E-state index >= 15 is 0 Å². The maximum atomic E-state index is 8.95. The minimum Gasteiger partial charge on any atom is -0.390 e. The Bertz CT molecular complexity index is 366. The van der Waals surface area contributed by atoms with Gasteiger partial charge in [0.1, 0.15) is 0 Å². The zero-order valence-electron chi connectivity index (χ0n) is 6.92. The van der Waals surface area contributed by atoms with Crippen LogP contribution in [0.2, 0.25) is 0 Å². The molecule has 68 valence electrons. The number of nitrogens with zero attached hydrogens (tertiary/aromatic N) is 3. The molecule has 0 fully saturated rings. The molecular weight excluding hydrogens is 170 g/mol. The van der Waals surface area contributed by atoms with E-state index in [0.29, 0.717) is 12.4 Å². The second-order valence-electron chi connectivity index (χ2n) is 2.63. The van der Waals surface area contributed by atoms with Gasteiger partial charge in [-0.25, -0.2) is 0 Å². The maximum Gasteiger partial charge on any atom is 0.213 e. The zero-order chi connectivity index (χ0) is 9.10. The fraction of sp³-hybridized carbons (Fsp3) is 0.250. The molecule has 0 atom stereocenters. The minimum atomic E-state index is 0.0187. The van der Waals surface area contributed by atoms with Crippen LogP contribution in [0.3, 0.4) is 0 Å². The highest BCUT2D eigenvalue weighted by molar-refractivity contribution is 5.07. The monoisotopic (exact) mass is 179 g/mol. The van der Waals surface area contributed by atoms with Gasteiger partial charge in [0.05, 0.1) is 13.2 Å². The number of aliphatic hydroxyl groups is 1. The lowest BCUT2D eigenvalue weighted by Gasteiger charge is -2.02. The summed E-state index contributed by atoms with van der Waals surface area (Å²) in [4.78, 5) is 3.89. The van der Waals surface area contributed by atoms with Crippen molar-refractivity contribution in [3.8, 4) is 0 Å². The lowest BCUT2D eigenvalue weighted by atomic mass is 10.4. The molecule has 0 saturated carbocycles. The van der Waals surface area contributed by atoms with E-state index in [9.17, 15) is 0 Å². The molecule has 2 rings (SSSR count). The molecule has 2 aromatic rings. The van der Waals surface area contributed by atoms with Crippen molar-refractivity contribution in [3.05, 3.63) is 36.2 Å². The average molecular weight is 179 g/mol. The lowest BCUT2D eigenvalue weighted by molar-refractivity contribution is 0.271. The van der Waals surface area contributed by atoms with Crippen molar-refractivity contribution in [2.75, 3.05) is 0 Å². The Balaban J connectivity index is 2.18. The molecule has 0 aromatic carbocycles. The standard InChI is InChI=1S/C8H9N3O2/c12-5-7-2-1-3-11(7)4-8-9-6-13-10-8/h1-3,6,12H,4-5H2. The molecule has 13 heavy (non-hydrogen) atoms. The molecule has 0 radical (unpaired) electrons. The predicted molar refractivity (Wildman–Crippen MR) is 43.8 cm³/mol. The van der Waals surface area contributed by atoms with Crippen LogP contribution >= 0.6 is 0 Å². The predicted octanol–water partition coefficient (Wildman–Crippen LogP) is 0.412. The molecule has 1 N–H and O–H groups in total. The minimum absolute atomic E-state index is 0.0187. The molecular formula is C8H9N3O2. The van der Waals surface area contributed by atoms with Gasteiger partial charge in [0.25, 0.3) is 0 Å². The average Bonchev–Trinajstić information content (AvgIpc) is 2.76. The van der Waals surface area contributed by atoms with Crippen molar-refractivity contribution >= 4 is 0 Å². The fourth-order valence-corrected chi connectivity index (χ4v) is 1.16. The second kappa shape index (κ2) is 3.40. The van der Waals surface area contributed by atoms with Crippen molar-refractivity contribution in [2.24, 2.45) is 0 Å². The Morgan fingerprint density at radius 2 is 2.46 bits per heavy atom. The summed E-state index contributed by atoms with van der Waals surface area (Å²) in [7, 11) is 0. The third kappa shape index (κ3) is 1.59. The van der Waals surface area contributed by atoms with E-state index in [1.54, 1.807) is 0 Å². The molecule has 0 spiro atoms. The summed E-state index contributed by atoms with van der Waals surface area (Å²) < 4.78 is 6.47. The van der Waals surface area contributed by atoms with Crippen LogP contribution in [0, 0.1) is 0 Å². The molecule has 5 nitrogen and oxygen atoms in total. The van der Waals surface area contributed by atoms with Crippen molar-refractivity contribution in [1.29, 1.82) is 0 Å². The van der Waals surface area contributed by atoms with Crippen LogP contribution in [-0.4, -0.2) is 19.8 Å². The van der Waals surface area contributed by atoms with E-state index in [1.807, 2.05) is 22.9 Å². The molecule has 0 aliphatic carbocycles. The largest absolute Gasteiger partial charge is 0.390 e. The van der Waals surface area contributed by atoms with Crippen LogP contribution < -0.4 is 0 Å². The van der Waals surface area contributed by atoms with Crippen LogP contribution in [0.5, 0.6) is 0 Å². The van der Waals surface area contributed by atoms with E-state index in [-0.39, 0.29) is 6.61 Å². The Labute approximate surface area is 74.6 Å². The summed E-state index contributed by atoms with van der Waals surface area (Å²) in [6.07, 6.45) is 3.15. The van der Waals surface area contributed by atoms with Gasteiger partial charge < -0.3 is 14.2 Å². The molecule has 0 amide bonds. The number of rotatable bonds is 3. The molecule has 0 bridgehead atoms. The highest BCUT2D eigenvalue weighted by Crippen LogP contribution is 2.04. The summed E-state index contributed by atoms with van der Waals surface area (Å²) in [6.45, 7) is 0.546. The van der Waals surface area contributed by atoms with Gasteiger partial charge in [-0.2, -0.15) is 4.98 Å². The third-order valence-electron chi connectivity index (χ3n) is 1.80. The van der Waals surface area contributed by atoms with E-state index in [1.165, 1.54) is 6.39 Å². The normalized spacial score (nSPS) is 10.5. The van der Waals surface area contributed by atoms with Crippen LogP contribution in [0.1, 0.15) is 11.5 Å². The van der Waals surface area contributed by atoms with Crippen molar-refractivity contribution < 1.29 is 9.63 Å². The zero-order valence-corrected chi connectivity index (χ0v) is 6.92. The Morgan fingerprint density at radius 1 is 1.54 bits per heavy atom. The van der Waals surface area contributed by atoms with Crippen LogP contribution in [-0.2, 0) is 13.2 Å².